The fourth-order valence-electron chi connectivity index (χ4n) is 3.05. The van der Waals surface area contributed by atoms with E-state index in [0.717, 1.165) is 29.8 Å². The summed E-state index contributed by atoms with van der Waals surface area (Å²) in [5.41, 5.74) is 0.992. The Balaban J connectivity index is 1.45. The quantitative estimate of drug-likeness (QED) is 0.667. The third-order valence-corrected chi connectivity index (χ3v) is 4.24. The van der Waals surface area contributed by atoms with E-state index in [0.29, 0.717) is 6.04 Å². The summed E-state index contributed by atoms with van der Waals surface area (Å²) in [6.45, 7) is 1.64. The first kappa shape index (κ1) is 14.3. The van der Waals surface area contributed by atoms with E-state index in [1.54, 1.807) is 0 Å². The maximum absolute atomic E-state index is 5.83. The van der Waals surface area contributed by atoms with Crippen LogP contribution in [0.5, 0.6) is 5.75 Å². The molecule has 21 heavy (non-hydrogen) atoms. The molecule has 1 fully saturated rings. The van der Waals surface area contributed by atoms with E-state index >= 15 is 0 Å². The van der Waals surface area contributed by atoms with Crippen LogP contribution in [-0.2, 0) is 0 Å². The van der Waals surface area contributed by atoms with Gasteiger partial charge in [-0.2, -0.15) is 0 Å². The predicted octanol–water partition coefficient (Wildman–Crippen LogP) is 3.93. The van der Waals surface area contributed by atoms with Gasteiger partial charge in [-0.25, -0.2) is 0 Å². The molecule has 0 atom stereocenters. The Morgan fingerprint density at radius 1 is 1.10 bits per heavy atom. The van der Waals surface area contributed by atoms with Gasteiger partial charge in [-0.05, 0) is 31.0 Å². The molecule has 1 N–H and O–H groups in total. The Hall–Kier alpha value is -1.61. The lowest BCUT2D eigenvalue weighted by molar-refractivity contribution is 0.300. The molecule has 1 heterocycles. The molecule has 0 aliphatic heterocycles. The Labute approximate surface area is 126 Å². The Morgan fingerprint density at radius 2 is 1.95 bits per heavy atom. The summed E-state index contributed by atoms with van der Waals surface area (Å²) >= 11 is 0. The van der Waals surface area contributed by atoms with Crippen LogP contribution in [0.3, 0.4) is 0 Å². The molecule has 1 aliphatic carbocycles. The number of benzene rings is 1. The van der Waals surface area contributed by atoms with Crippen molar-refractivity contribution in [3.63, 3.8) is 0 Å². The first-order valence-corrected chi connectivity index (χ1v) is 8.13. The molecular formula is C18H24N2O. The zero-order valence-electron chi connectivity index (χ0n) is 12.6. The number of aromatic nitrogens is 1. The number of nitrogens with zero attached hydrogens (tertiary/aromatic N) is 1. The van der Waals surface area contributed by atoms with Gasteiger partial charge in [-0.1, -0.05) is 31.7 Å². The van der Waals surface area contributed by atoms with E-state index in [1.165, 1.54) is 38.5 Å². The van der Waals surface area contributed by atoms with Crippen molar-refractivity contribution in [1.82, 2.24) is 10.3 Å². The second-order valence-corrected chi connectivity index (χ2v) is 5.85. The van der Waals surface area contributed by atoms with Crippen molar-refractivity contribution in [3.05, 3.63) is 36.5 Å². The zero-order valence-corrected chi connectivity index (χ0v) is 12.6. The highest BCUT2D eigenvalue weighted by atomic mass is 16.5. The van der Waals surface area contributed by atoms with Gasteiger partial charge in [0.05, 0.1) is 5.52 Å². The van der Waals surface area contributed by atoms with E-state index in [2.05, 4.69) is 22.4 Å². The average Bonchev–Trinajstić information content (AvgIpc) is 2.80. The van der Waals surface area contributed by atoms with Crippen molar-refractivity contribution in [2.75, 3.05) is 13.2 Å². The summed E-state index contributed by atoms with van der Waals surface area (Å²) in [7, 11) is 0. The molecule has 1 aromatic heterocycles. The summed E-state index contributed by atoms with van der Waals surface area (Å²) in [5, 5.41) is 4.78. The summed E-state index contributed by atoms with van der Waals surface area (Å²) in [5.74, 6) is 0.906. The molecule has 0 saturated heterocycles. The van der Waals surface area contributed by atoms with Crippen LogP contribution in [0.15, 0.2) is 36.5 Å². The topological polar surface area (TPSA) is 34.1 Å². The number of pyridine rings is 1. The second-order valence-electron chi connectivity index (χ2n) is 5.85. The maximum atomic E-state index is 5.83. The average molecular weight is 284 g/mol. The van der Waals surface area contributed by atoms with Gasteiger partial charge in [0, 0.05) is 30.2 Å². The molecule has 0 amide bonds. The van der Waals surface area contributed by atoms with Crippen LogP contribution in [0.2, 0.25) is 0 Å². The summed E-state index contributed by atoms with van der Waals surface area (Å²) in [6, 6.07) is 10.8. The lowest BCUT2D eigenvalue weighted by Crippen LogP contribution is -2.32. The monoisotopic (exact) mass is 284 g/mol. The van der Waals surface area contributed by atoms with Crippen LogP contribution in [0.25, 0.3) is 10.9 Å². The van der Waals surface area contributed by atoms with Crippen molar-refractivity contribution in [1.29, 1.82) is 0 Å². The number of rotatable bonds is 5. The minimum atomic E-state index is 0.689. The minimum Gasteiger partial charge on any atom is -0.492 e. The van der Waals surface area contributed by atoms with E-state index in [1.807, 2.05) is 24.4 Å². The highest BCUT2D eigenvalue weighted by Gasteiger charge is 2.10. The third-order valence-electron chi connectivity index (χ3n) is 4.24. The van der Waals surface area contributed by atoms with E-state index < -0.39 is 0 Å². The molecule has 0 spiro atoms. The van der Waals surface area contributed by atoms with Crippen molar-refractivity contribution < 1.29 is 4.74 Å². The van der Waals surface area contributed by atoms with Crippen LogP contribution in [0.4, 0.5) is 0 Å². The highest BCUT2D eigenvalue weighted by molar-refractivity contribution is 5.79. The lowest BCUT2D eigenvalue weighted by atomic mass is 10.1. The molecule has 1 saturated carbocycles. The van der Waals surface area contributed by atoms with Crippen LogP contribution < -0.4 is 10.1 Å². The molecule has 3 nitrogen and oxygen atoms in total. The molecule has 0 radical (unpaired) electrons. The van der Waals surface area contributed by atoms with Crippen LogP contribution in [0.1, 0.15) is 38.5 Å². The van der Waals surface area contributed by atoms with E-state index in [9.17, 15) is 0 Å². The smallest absolute Gasteiger partial charge is 0.121 e. The van der Waals surface area contributed by atoms with Gasteiger partial charge in [0.25, 0.3) is 0 Å². The maximum Gasteiger partial charge on any atom is 0.121 e. The fraction of sp³-hybridized carbons (Fsp3) is 0.500. The molecule has 0 unspecified atom stereocenters. The molecule has 2 aromatic rings. The number of hydrogen-bond acceptors (Lipinski definition) is 3. The van der Waals surface area contributed by atoms with Crippen LogP contribution in [0, 0.1) is 0 Å². The molecule has 1 aromatic carbocycles. The molecular weight excluding hydrogens is 260 g/mol. The standard InChI is InChI=1S/C18H24N2O/c1-2-4-8-16(7-3-1)19-12-13-21-17-10-9-15-6-5-11-20-18(15)14-17/h5-6,9-11,14,16,19H,1-4,7-8,12-13H2. The summed E-state index contributed by atoms with van der Waals surface area (Å²) in [6.07, 6.45) is 10.0. The molecule has 0 bridgehead atoms. The van der Waals surface area contributed by atoms with Crippen LogP contribution >= 0.6 is 0 Å². The number of ether oxygens (including phenoxy) is 1. The van der Waals surface area contributed by atoms with Crippen molar-refractivity contribution in [2.24, 2.45) is 0 Å². The SMILES string of the molecule is c1cnc2cc(OCCNC3CCCCCC3)ccc2c1. The third kappa shape index (κ3) is 4.18. The Morgan fingerprint density at radius 3 is 2.81 bits per heavy atom. The fourth-order valence-corrected chi connectivity index (χ4v) is 3.05. The van der Waals surface area contributed by atoms with Crippen molar-refractivity contribution in [2.45, 2.75) is 44.6 Å². The first-order valence-electron chi connectivity index (χ1n) is 8.13. The normalized spacial score (nSPS) is 16.8. The number of hydrogen-bond donors (Lipinski definition) is 1. The van der Waals surface area contributed by atoms with Crippen molar-refractivity contribution >= 4 is 10.9 Å². The second kappa shape index (κ2) is 7.41. The largest absolute Gasteiger partial charge is 0.492 e. The molecule has 3 rings (SSSR count). The van der Waals surface area contributed by atoms with Gasteiger partial charge >= 0.3 is 0 Å². The van der Waals surface area contributed by atoms with Gasteiger partial charge in [0.15, 0.2) is 0 Å². The predicted molar refractivity (Wildman–Crippen MR) is 86.7 cm³/mol. The molecule has 1 aliphatic rings. The summed E-state index contributed by atoms with van der Waals surface area (Å²) in [4.78, 5) is 4.36. The van der Waals surface area contributed by atoms with Gasteiger partial charge < -0.3 is 10.1 Å². The molecule has 112 valence electrons. The number of fused-ring (bicyclic) bond motifs is 1. The lowest BCUT2D eigenvalue weighted by Gasteiger charge is -2.16. The molecule has 3 heteroatoms. The van der Waals surface area contributed by atoms with Crippen LogP contribution in [-0.4, -0.2) is 24.2 Å². The first-order chi connectivity index (χ1) is 10.4. The Kier molecular flexibility index (Phi) is 5.06. The summed E-state index contributed by atoms with van der Waals surface area (Å²) < 4.78 is 5.83. The van der Waals surface area contributed by atoms with Gasteiger partial charge in [-0.15, -0.1) is 0 Å². The minimum absolute atomic E-state index is 0.689. The number of nitrogens with one attached hydrogen (secondary N) is 1. The van der Waals surface area contributed by atoms with Crippen molar-refractivity contribution in [3.8, 4) is 5.75 Å². The Bertz CT molecular complexity index is 562. The highest BCUT2D eigenvalue weighted by Crippen LogP contribution is 2.19. The van der Waals surface area contributed by atoms with E-state index in [-0.39, 0.29) is 0 Å². The van der Waals surface area contributed by atoms with E-state index in [4.69, 9.17) is 4.74 Å². The zero-order chi connectivity index (χ0) is 14.3. The van der Waals surface area contributed by atoms with Gasteiger partial charge in [0.2, 0.25) is 0 Å². The van der Waals surface area contributed by atoms with Gasteiger partial charge in [0.1, 0.15) is 12.4 Å². The van der Waals surface area contributed by atoms with Gasteiger partial charge in [-0.3, -0.25) is 4.98 Å².